The van der Waals surface area contributed by atoms with E-state index in [1.807, 2.05) is 115 Å². The third-order valence-electron chi connectivity index (χ3n) is 11.2. The highest BCUT2D eigenvalue weighted by Gasteiger charge is 2.20. The van der Waals surface area contributed by atoms with Crippen LogP contribution in [0, 0.1) is 0 Å². The van der Waals surface area contributed by atoms with E-state index in [1.54, 1.807) is 4.57 Å². The molecule has 0 spiro atoms. The van der Waals surface area contributed by atoms with Crippen molar-refractivity contribution < 1.29 is 12.6 Å². The van der Waals surface area contributed by atoms with Gasteiger partial charge in [0.2, 0.25) is 0 Å². The van der Waals surface area contributed by atoms with Gasteiger partial charge in [-0.15, -0.1) is 0 Å². The summed E-state index contributed by atoms with van der Waals surface area (Å²) in [5.41, 5.74) is 8.77. The SMILES string of the molecule is [2H]c1cc([2H])c2c(c1[2H])c1c([2H])c([2H])cc([2H])c1n2-c1cc(-c2ccccc2)c2oc3cc(-c4ccc(-c5nc(-c6ccccc6)nc(-c6ccccc6)n5)c5ccccc45)ccc3c2c1. The van der Waals surface area contributed by atoms with E-state index >= 15 is 0 Å². The third kappa shape index (κ3) is 5.52. The molecule has 60 heavy (non-hydrogen) atoms. The van der Waals surface area contributed by atoms with Gasteiger partial charge in [0, 0.05) is 49.5 Å². The van der Waals surface area contributed by atoms with Crippen molar-refractivity contribution >= 4 is 54.5 Å². The average molecular weight is 773 g/mol. The topological polar surface area (TPSA) is 56.7 Å². The normalized spacial score (nSPS) is 13.1. The van der Waals surface area contributed by atoms with Crippen LogP contribution in [0.2, 0.25) is 0 Å². The van der Waals surface area contributed by atoms with E-state index in [0.717, 1.165) is 60.5 Å². The summed E-state index contributed by atoms with van der Waals surface area (Å²) < 4.78 is 61.6. The molecule has 3 heterocycles. The van der Waals surface area contributed by atoms with Gasteiger partial charge in [0.05, 0.1) is 19.3 Å². The van der Waals surface area contributed by atoms with Crippen molar-refractivity contribution in [1.82, 2.24) is 19.5 Å². The van der Waals surface area contributed by atoms with Crippen LogP contribution in [0.5, 0.6) is 0 Å². The first kappa shape index (κ1) is 28.3. The third-order valence-corrected chi connectivity index (χ3v) is 11.2. The molecule has 0 fully saturated rings. The lowest BCUT2D eigenvalue weighted by molar-refractivity contribution is 0.670. The van der Waals surface area contributed by atoms with Gasteiger partial charge in [0.15, 0.2) is 17.5 Å². The molecule has 0 aliphatic carbocycles. The first-order valence-electron chi connectivity index (χ1n) is 22.7. The fourth-order valence-electron chi connectivity index (χ4n) is 8.44. The molecule has 280 valence electrons. The number of fused-ring (bicyclic) bond motifs is 7. The standard InChI is InChI=1S/C55H34N4O/c1-4-16-35(17-5-1)47-33-39(59-49-26-14-12-24-43(49)44-25-13-15-27-50(44)59)34-48-45-29-28-38(32-51(45)60-52(47)48)40-30-31-46(42-23-11-10-22-41(40)42)55-57-53(36-18-6-2-7-19-36)56-54(58-55)37-20-8-3-9-21-37/h1-34H/i12D,13D,24D,25D,26D,27D. The van der Waals surface area contributed by atoms with Crippen LogP contribution in [0.4, 0.5) is 0 Å². The molecular formula is C55H34N4O. The first-order valence-corrected chi connectivity index (χ1v) is 19.7. The molecule has 3 aromatic heterocycles. The monoisotopic (exact) mass is 772 g/mol. The summed E-state index contributed by atoms with van der Waals surface area (Å²) >= 11 is 0. The van der Waals surface area contributed by atoms with Gasteiger partial charge in [-0.3, -0.25) is 0 Å². The highest BCUT2D eigenvalue weighted by molar-refractivity contribution is 6.14. The Kier molecular flexibility index (Phi) is 6.48. The molecule has 0 atom stereocenters. The summed E-state index contributed by atoms with van der Waals surface area (Å²) in [6, 6.07) is 54.3. The Labute approximate surface area is 353 Å². The van der Waals surface area contributed by atoms with Crippen LogP contribution in [0.1, 0.15) is 8.22 Å². The quantitative estimate of drug-likeness (QED) is 0.169. The molecule has 0 bridgehead atoms. The molecule has 5 heteroatoms. The van der Waals surface area contributed by atoms with Crippen molar-refractivity contribution in [2.24, 2.45) is 0 Å². The molecule has 0 amide bonds. The summed E-state index contributed by atoms with van der Waals surface area (Å²) in [4.78, 5) is 15.0. The van der Waals surface area contributed by atoms with E-state index < -0.39 is 0 Å². The van der Waals surface area contributed by atoms with Gasteiger partial charge in [-0.2, -0.15) is 0 Å². The molecule has 0 aliphatic heterocycles. The molecular weight excluding hydrogens is 733 g/mol. The maximum Gasteiger partial charge on any atom is 0.164 e. The zero-order valence-electron chi connectivity index (χ0n) is 37.9. The fraction of sp³-hybridized carbons (Fsp3) is 0. The molecule has 0 unspecified atom stereocenters. The van der Waals surface area contributed by atoms with Crippen molar-refractivity contribution in [2.75, 3.05) is 0 Å². The predicted molar refractivity (Wildman–Crippen MR) is 246 cm³/mol. The van der Waals surface area contributed by atoms with E-state index in [9.17, 15) is 0 Å². The Morgan fingerprint density at radius 3 is 1.57 bits per heavy atom. The highest BCUT2D eigenvalue weighted by Crippen LogP contribution is 2.43. The van der Waals surface area contributed by atoms with Gasteiger partial charge in [0.1, 0.15) is 11.2 Å². The molecule has 9 aromatic carbocycles. The molecule has 5 nitrogen and oxygen atoms in total. The van der Waals surface area contributed by atoms with Crippen LogP contribution >= 0.6 is 0 Å². The molecule has 0 N–H and O–H groups in total. The van der Waals surface area contributed by atoms with Crippen LogP contribution in [0.3, 0.4) is 0 Å². The number of benzene rings is 9. The number of rotatable bonds is 6. The molecule has 0 saturated carbocycles. The maximum atomic E-state index is 9.09. The average Bonchev–Trinajstić information content (AvgIpc) is 3.92. The van der Waals surface area contributed by atoms with Crippen molar-refractivity contribution in [2.45, 2.75) is 0 Å². The minimum absolute atomic E-state index is 0.0161. The summed E-state index contributed by atoms with van der Waals surface area (Å²) in [7, 11) is 0. The number of aromatic nitrogens is 4. The lowest BCUT2D eigenvalue weighted by atomic mass is 9.94. The van der Waals surface area contributed by atoms with Crippen molar-refractivity contribution in [3.8, 4) is 62.1 Å². The van der Waals surface area contributed by atoms with E-state index in [-0.39, 0.29) is 47.0 Å². The summed E-state index contributed by atoms with van der Waals surface area (Å²) in [5, 5.41) is 4.06. The second kappa shape index (κ2) is 13.8. The number of para-hydroxylation sites is 2. The largest absolute Gasteiger partial charge is 0.455 e. The second-order valence-corrected chi connectivity index (χ2v) is 14.7. The van der Waals surface area contributed by atoms with E-state index in [4.69, 9.17) is 27.6 Å². The van der Waals surface area contributed by atoms with Crippen LogP contribution in [0.15, 0.2) is 211 Å². The lowest BCUT2D eigenvalue weighted by Crippen LogP contribution is -2.00. The summed E-state index contributed by atoms with van der Waals surface area (Å²) in [6.07, 6.45) is 0. The Morgan fingerprint density at radius 1 is 0.383 bits per heavy atom. The summed E-state index contributed by atoms with van der Waals surface area (Å²) in [5.74, 6) is 1.75. The smallest absolute Gasteiger partial charge is 0.164 e. The van der Waals surface area contributed by atoms with Gasteiger partial charge < -0.3 is 8.98 Å². The van der Waals surface area contributed by atoms with Crippen LogP contribution in [0.25, 0.3) is 117 Å². The number of furan rings is 1. The van der Waals surface area contributed by atoms with Crippen LogP contribution in [-0.4, -0.2) is 19.5 Å². The van der Waals surface area contributed by atoms with E-state index in [2.05, 4.69) is 42.5 Å². The fourth-order valence-corrected chi connectivity index (χ4v) is 8.44. The Balaban J connectivity index is 1.06. The molecule has 12 aromatic rings. The zero-order chi connectivity index (χ0) is 44.8. The second-order valence-electron chi connectivity index (χ2n) is 14.7. The van der Waals surface area contributed by atoms with E-state index in [0.29, 0.717) is 45.4 Å². The summed E-state index contributed by atoms with van der Waals surface area (Å²) in [6.45, 7) is 0. The Bertz CT molecular complexity index is 3820. The van der Waals surface area contributed by atoms with Gasteiger partial charge in [-0.05, 0) is 69.9 Å². The van der Waals surface area contributed by atoms with Gasteiger partial charge >= 0.3 is 0 Å². The number of nitrogens with zero attached hydrogens (tertiary/aromatic N) is 4. The van der Waals surface area contributed by atoms with Gasteiger partial charge in [-0.25, -0.2) is 15.0 Å². The van der Waals surface area contributed by atoms with Crippen LogP contribution < -0.4 is 0 Å². The highest BCUT2D eigenvalue weighted by atomic mass is 16.3. The maximum absolute atomic E-state index is 9.09. The van der Waals surface area contributed by atoms with Gasteiger partial charge in [-0.1, -0.05) is 164 Å². The minimum atomic E-state index is -0.160. The molecule has 0 saturated heterocycles. The zero-order valence-corrected chi connectivity index (χ0v) is 31.9. The molecule has 0 aliphatic rings. The Morgan fingerprint density at radius 2 is 0.933 bits per heavy atom. The molecule has 12 rings (SSSR count). The first-order chi connectivity index (χ1) is 32.2. The number of hydrogen-bond acceptors (Lipinski definition) is 4. The van der Waals surface area contributed by atoms with Crippen molar-refractivity contribution in [3.63, 3.8) is 0 Å². The van der Waals surface area contributed by atoms with E-state index in [1.165, 1.54) is 12.1 Å². The van der Waals surface area contributed by atoms with Crippen molar-refractivity contribution in [3.05, 3.63) is 206 Å². The van der Waals surface area contributed by atoms with Crippen LogP contribution in [-0.2, 0) is 0 Å². The van der Waals surface area contributed by atoms with Crippen molar-refractivity contribution in [1.29, 1.82) is 0 Å². The lowest BCUT2D eigenvalue weighted by Gasteiger charge is -2.13. The predicted octanol–water partition coefficient (Wildman–Crippen LogP) is 14.4. The Hall–Kier alpha value is -8.15. The van der Waals surface area contributed by atoms with Gasteiger partial charge in [0.25, 0.3) is 0 Å². The minimum Gasteiger partial charge on any atom is -0.455 e. The molecule has 0 radical (unpaired) electrons. The number of hydrogen-bond donors (Lipinski definition) is 0.